The molecule has 152 valence electrons. The predicted octanol–water partition coefficient (Wildman–Crippen LogP) is 3.79. The van der Waals surface area contributed by atoms with Crippen molar-refractivity contribution in [3.05, 3.63) is 68.1 Å². The highest BCUT2D eigenvalue weighted by molar-refractivity contribution is 7.22. The fraction of sp³-hybridized carbons (Fsp3) is 0.190. The lowest BCUT2D eigenvalue weighted by atomic mass is 10.1. The molecule has 7 nitrogen and oxygen atoms in total. The van der Waals surface area contributed by atoms with Gasteiger partial charge in [0.1, 0.15) is 16.2 Å². The Labute approximate surface area is 179 Å². The lowest BCUT2D eigenvalue weighted by molar-refractivity contribution is 0.286. The number of ether oxygens (including phenoxy) is 2. The predicted molar refractivity (Wildman–Crippen MR) is 117 cm³/mol. The molecule has 0 unspecified atom stereocenters. The number of hydrogen-bond acceptors (Lipinski definition) is 6. The first-order valence-corrected chi connectivity index (χ1v) is 10.5. The van der Waals surface area contributed by atoms with Gasteiger partial charge in [-0.1, -0.05) is 11.6 Å². The van der Waals surface area contributed by atoms with Gasteiger partial charge in [-0.2, -0.15) is 0 Å². The Balaban J connectivity index is 1.73. The number of thiophene rings is 1. The number of aromatic amines is 1. The molecule has 0 bridgehead atoms. The van der Waals surface area contributed by atoms with E-state index in [0.717, 1.165) is 27.0 Å². The molecular formula is C21H16ClN3O4S. The number of aromatic nitrogens is 3. The zero-order chi connectivity index (χ0) is 20.8. The Kier molecular flexibility index (Phi) is 4.60. The number of methoxy groups -OCH3 is 1. The summed E-state index contributed by atoms with van der Waals surface area (Å²) in [4.78, 5) is 33.9. The average molecular weight is 442 g/mol. The number of halogens is 1. The Hall–Kier alpha value is -3.10. The van der Waals surface area contributed by atoms with Gasteiger partial charge in [-0.3, -0.25) is 9.78 Å². The van der Waals surface area contributed by atoms with Crippen LogP contribution in [0.5, 0.6) is 11.5 Å². The molecule has 1 aliphatic rings. The summed E-state index contributed by atoms with van der Waals surface area (Å²) in [5.74, 6) is 1.26. The van der Waals surface area contributed by atoms with Gasteiger partial charge in [-0.25, -0.2) is 9.36 Å². The molecule has 5 rings (SSSR count). The highest BCUT2D eigenvalue weighted by Crippen LogP contribution is 2.37. The topological polar surface area (TPSA) is 86.2 Å². The first-order chi connectivity index (χ1) is 14.6. The maximum Gasteiger partial charge on any atom is 0.333 e. The van der Waals surface area contributed by atoms with Crippen LogP contribution in [0.1, 0.15) is 12.0 Å². The van der Waals surface area contributed by atoms with E-state index in [2.05, 4.69) is 9.97 Å². The minimum Gasteiger partial charge on any atom is -0.497 e. The monoisotopic (exact) mass is 441 g/mol. The summed E-state index contributed by atoms with van der Waals surface area (Å²) < 4.78 is 12.5. The molecular weight excluding hydrogens is 426 g/mol. The number of H-pyrrole nitrogens is 1. The summed E-state index contributed by atoms with van der Waals surface area (Å²) in [7, 11) is 1.58. The minimum absolute atomic E-state index is 0.398. The SMILES string of the molecule is COc1ccc(Cl)c(-c2cc3[nH]c(=O)n(-c4cncc5c4CCCO5)c(=O)c3s2)c1. The Bertz CT molecular complexity index is 1410. The summed E-state index contributed by atoms with van der Waals surface area (Å²) in [6.07, 6.45) is 4.68. The Morgan fingerprint density at radius 3 is 2.97 bits per heavy atom. The van der Waals surface area contributed by atoms with Gasteiger partial charge in [0.25, 0.3) is 5.56 Å². The summed E-state index contributed by atoms with van der Waals surface area (Å²) in [6, 6.07) is 7.07. The van der Waals surface area contributed by atoms with E-state index in [1.165, 1.54) is 17.5 Å². The third-order valence-corrected chi connectivity index (χ3v) is 6.56. The molecule has 1 aromatic carbocycles. The van der Waals surface area contributed by atoms with Crippen LogP contribution in [0.25, 0.3) is 26.3 Å². The lowest BCUT2D eigenvalue weighted by Gasteiger charge is -2.19. The van der Waals surface area contributed by atoms with E-state index in [4.69, 9.17) is 21.1 Å². The molecule has 1 N–H and O–H groups in total. The molecule has 1 aliphatic heterocycles. The molecule has 4 heterocycles. The smallest absolute Gasteiger partial charge is 0.333 e. The van der Waals surface area contributed by atoms with Crippen LogP contribution in [-0.4, -0.2) is 28.3 Å². The zero-order valence-electron chi connectivity index (χ0n) is 15.9. The second kappa shape index (κ2) is 7.30. The van der Waals surface area contributed by atoms with Gasteiger partial charge in [-0.05, 0) is 37.1 Å². The molecule has 0 aliphatic carbocycles. The van der Waals surface area contributed by atoms with Crippen LogP contribution in [0, 0.1) is 0 Å². The summed E-state index contributed by atoms with van der Waals surface area (Å²) in [5, 5.41) is 0.531. The van der Waals surface area contributed by atoms with Crippen molar-refractivity contribution in [2.45, 2.75) is 12.8 Å². The molecule has 0 spiro atoms. The van der Waals surface area contributed by atoms with Crippen LogP contribution in [-0.2, 0) is 6.42 Å². The highest BCUT2D eigenvalue weighted by atomic mass is 35.5. The average Bonchev–Trinajstić information content (AvgIpc) is 3.18. The van der Waals surface area contributed by atoms with Crippen LogP contribution in [0.3, 0.4) is 0 Å². The van der Waals surface area contributed by atoms with Crippen molar-refractivity contribution < 1.29 is 9.47 Å². The number of benzene rings is 1. The van der Waals surface area contributed by atoms with Gasteiger partial charge < -0.3 is 14.5 Å². The largest absolute Gasteiger partial charge is 0.497 e. The molecule has 0 atom stereocenters. The van der Waals surface area contributed by atoms with Gasteiger partial charge >= 0.3 is 5.69 Å². The number of rotatable bonds is 3. The standard InChI is InChI=1S/C21H16ClN3O4S/c1-28-11-4-5-14(22)13(7-11)18-8-15-19(30-18)20(26)25(21(27)24-15)16-9-23-10-17-12(16)3-2-6-29-17/h4-5,7-10H,2-3,6H2,1H3,(H,24,27). The number of fused-ring (bicyclic) bond motifs is 2. The van der Waals surface area contributed by atoms with E-state index < -0.39 is 11.2 Å². The van der Waals surface area contributed by atoms with E-state index in [1.54, 1.807) is 37.6 Å². The maximum atomic E-state index is 13.3. The molecule has 0 fully saturated rings. The number of hydrogen-bond donors (Lipinski definition) is 1. The zero-order valence-corrected chi connectivity index (χ0v) is 17.5. The summed E-state index contributed by atoms with van der Waals surface area (Å²) in [6.45, 7) is 0.595. The van der Waals surface area contributed by atoms with E-state index in [1.807, 2.05) is 0 Å². The van der Waals surface area contributed by atoms with Crippen molar-refractivity contribution in [3.8, 4) is 27.6 Å². The fourth-order valence-corrected chi connectivity index (χ4v) is 4.99. The molecule has 0 saturated carbocycles. The number of pyridine rings is 1. The van der Waals surface area contributed by atoms with Crippen molar-refractivity contribution in [3.63, 3.8) is 0 Å². The normalized spacial score (nSPS) is 13.1. The van der Waals surface area contributed by atoms with E-state index in [-0.39, 0.29) is 0 Å². The molecule has 0 amide bonds. The van der Waals surface area contributed by atoms with E-state index in [9.17, 15) is 9.59 Å². The third-order valence-electron chi connectivity index (χ3n) is 5.08. The molecule has 30 heavy (non-hydrogen) atoms. The summed E-state index contributed by atoms with van der Waals surface area (Å²) >= 11 is 7.64. The number of nitrogens with one attached hydrogen (secondary N) is 1. The minimum atomic E-state index is -0.519. The second-order valence-electron chi connectivity index (χ2n) is 6.86. The molecule has 3 aromatic heterocycles. The third kappa shape index (κ3) is 3.00. The molecule has 0 radical (unpaired) electrons. The van der Waals surface area contributed by atoms with Crippen LogP contribution in [0.4, 0.5) is 0 Å². The Morgan fingerprint density at radius 2 is 2.13 bits per heavy atom. The van der Waals surface area contributed by atoms with Gasteiger partial charge in [0.15, 0.2) is 0 Å². The Morgan fingerprint density at radius 1 is 1.27 bits per heavy atom. The molecule has 9 heteroatoms. The van der Waals surface area contributed by atoms with Crippen molar-refractivity contribution in [1.82, 2.24) is 14.5 Å². The fourth-order valence-electron chi connectivity index (χ4n) is 3.64. The highest BCUT2D eigenvalue weighted by Gasteiger charge is 2.21. The van der Waals surface area contributed by atoms with E-state index >= 15 is 0 Å². The van der Waals surface area contributed by atoms with Crippen LogP contribution in [0.15, 0.2) is 46.2 Å². The van der Waals surface area contributed by atoms with Gasteiger partial charge in [-0.15, -0.1) is 11.3 Å². The van der Waals surface area contributed by atoms with Crippen LogP contribution < -0.4 is 20.7 Å². The van der Waals surface area contributed by atoms with Crippen LogP contribution >= 0.6 is 22.9 Å². The molecule has 0 saturated heterocycles. The molecule has 4 aromatic rings. The number of nitrogens with zero attached hydrogens (tertiary/aromatic N) is 2. The quantitative estimate of drug-likeness (QED) is 0.522. The van der Waals surface area contributed by atoms with E-state index in [0.29, 0.717) is 45.5 Å². The first kappa shape index (κ1) is 18.9. The lowest BCUT2D eigenvalue weighted by Crippen LogP contribution is -2.34. The summed E-state index contributed by atoms with van der Waals surface area (Å²) in [5.41, 5.74) is 1.55. The van der Waals surface area contributed by atoms with Crippen molar-refractivity contribution >= 4 is 33.2 Å². The maximum absolute atomic E-state index is 13.3. The van der Waals surface area contributed by atoms with Crippen molar-refractivity contribution in [1.29, 1.82) is 0 Å². The van der Waals surface area contributed by atoms with Crippen molar-refractivity contribution in [2.75, 3.05) is 13.7 Å². The van der Waals surface area contributed by atoms with Gasteiger partial charge in [0, 0.05) is 21.0 Å². The van der Waals surface area contributed by atoms with Gasteiger partial charge in [0.2, 0.25) is 0 Å². The van der Waals surface area contributed by atoms with Gasteiger partial charge in [0.05, 0.1) is 37.3 Å². The van der Waals surface area contributed by atoms with Crippen molar-refractivity contribution in [2.24, 2.45) is 0 Å². The van der Waals surface area contributed by atoms with Crippen LogP contribution in [0.2, 0.25) is 5.02 Å². The second-order valence-corrected chi connectivity index (χ2v) is 8.32. The first-order valence-electron chi connectivity index (χ1n) is 9.29.